The van der Waals surface area contributed by atoms with Gasteiger partial charge in [-0.2, -0.15) is 0 Å². The highest BCUT2D eigenvalue weighted by molar-refractivity contribution is 7.54. The lowest BCUT2D eigenvalue weighted by Crippen LogP contribution is -2.06. The number of hydrogen-bond donors (Lipinski definition) is 2. The molecule has 2 aromatic rings. The monoisotopic (exact) mass is 206 g/mol. The van der Waals surface area contributed by atoms with Gasteiger partial charge in [0, 0.05) is 5.30 Å². The van der Waals surface area contributed by atoms with Crippen molar-refractivity contribution >= 4 is 24.5 Å². The van der Waals surface area contributed by atoms with Gasteiger partial charge in [-0.25, -0.2) is 0 Å². The molecule has 72 valence electrons. The fourth-order valence-corrected chi connectivity index (χ4v) is 2.44. The van der Waals surface area contributed by atoms with E-state index in [1.807, 2.05) is 43.3 Å². The Morgan fingerprint density at radius 3 is 2.43 bits per heavy atom. The summed E-state index contributed by atoms with van der Waals surface area (Å²) in [6.07, 6.45) is 0. The van der Waals surface area contributed by atoms with Crippen LogP contribution in [0.2, 0.25) is 0 Å². The average Bonchev–Trinajstić information content (AvgIpc) is 2.17. The molecule has 0 spiro atoms. The highest BCUT2D eigenvalue weighted by Crippen LogP contribution is 2.29. The van der Waals surface area contributed by atoms with Crippen LogP contribution in [0.5, 0.6) is 0 Å². The maximum absolute atomic E-state index is 9.32. The molecular formula is C11H11O2P. The van der Waals surface area contributed by atoms with E-state index in [-0.39, 0.29) is 0 Å². The molecule has 2 nitrogen and oxygen atoms in total. The van der Waals surface area contributed by atoms with Gasteiger partial charge in [-0.1, -0.05) is 36.4 Å². The van der Waals surface area contributed by atoms with Gasteiger partial charge in [0.1, 0.15) is 0 Å². The Balaban J connectivity index is 2.83. The summed E-state index contributed by atoms with van der Waals surface area (Å²) in [6.45, 7) is 1.89. The molecule has 2 aromatic carbocycles. The van der Waals surface area contributed by atoms with E-state index >= 15 is 0 Å². The summed E-state index contributed by atoms with van der Waals surface area (Å²) in [5.41, 5.74) is 0.930. The second kappa shape index (κ2) is 3.66. The number of benzene rings is 2. The Kier molecular flexibility index (Phi) is 2.51. The Morgan fingerprint density at radius 2 is 1.71 bits per heavy atom. The molecule has 2 N–H and O–H groups in total. The fourth-order valence-electron chi connectivity index (χ4n) is 1.63. The van der Waals surface area contributed by atoms with Crippen molar-refractivity contribution in [3.05, 3.63) is 42.0 Å². The third-order valence-electron chi connectivity index (χ3n) is 2.30. The minimum atomic E-state index is -2.02. The van der Waals surface area contributed by atoms with Crippen molar-refractivity contribution in [3.8, 4) is 0 Å². The molecule has 3 heteroatoms. The second-order valence-corrected chi connectivity index (χ2v) is 4.27. The smallest absolute Gasteiger partial charge is 0.200 e. The van der Waals surface area contributed by atoms with Crippen LogP contribution in [-0.4, -0.2) is 9.79 Å². The maximum atomic E-state index is 9.32. The Morgan fingerprint density at radius 1 is 1.00 bits per heavy atom. The van der Waals surface area contributed by atoms with E-state index in [1.54, 1.807) is 0 Å². The van der Waals surface area contributed by atoms with Crippen molar-refractivity contribution in [2.75, 3.05) is 0 Å². The molecule has 0 aliphatic carbocycles. The first-order valence-electron chi connectivity index (χ1n) is 4.36. The fraction of sp³-hybridized carbons (Fsp3) is 0.0909. The molecule has 14 heavy (non-hydrogen) atoms. The first kappa shape index (κ1) is 9.60. The first-order chi connectivity index (χ1) is 6.70. The summed E-state index contributed by atoms with van der Waals surface area (Å²) in [5.74, 6) is 0. The van der Waals surface area contributed by atoms with Crippen molar-refractivity contribution in [2.45, 2.75) is 6.92 Å². The minimum absolute atomic E-state index is 0.665. The molecule has 0 aliphatic rings. The van der Waals surface area contributed by atoms with Gasteiger partial charge in [0.15, 0.2) is 0 Å². The molecule has 0 amide bonds. The van der Waals surface area contributed by atoms with Crippen molar-refractivity contribution < 1.29 is 9.79 Å². The normalized spacial score (nSPS) is 11.1. The van der Waals surface area contributed by atoms with Crippen molar-refractivity contribution in [1.29, 1.82) is 0 Å². The van der Waals surface area contributed by atoms with Crippen LogP contribution in [0.25, 0.3) is 10.8 Å². The summed E-state index contributed by atoms with van der Waals surface area (Å²) in [4.78, 5) is 18.6. The molecule has 0 heterocycles. The van der Waals surface area contributed by atoms with Crippen LogP contribution < -0.4 is 5.30 Å². The Hall–Kier alpha value is -0.950. The van der Waals surface area contributed by atoms with E-state index in [9.17, 15) is 9.79 Å². The zero-order valence-corrected chi connectivity index (χ0v) is 8.70. The lowest BCUT2D eigenvalue weighted by molar-refractivity contribution is 0.497. The van der Waals surface area contributed by atoms with E-state index in [4.69, 9.17) is 0 Å². The molecule has 0 saturated carbocycles. The molecule has 0 radical (unpaired) electrons. The van der Waals surface area contributed by atoms with Crippen LogP contribution in [0.15, 0.2) is 36.4 Å². The van der Waals surface area contributed by atoms with E-state index in [2.05, 4.69) is 0 Å². The predicted octanol–water partition coefficient (Wildman–Crippen LogP) is 2.07. The molecule has 0 aromatic heterocycles. The number of aryl methyl sites for hydroxylation is 1. The molecule has 0 saturated heterocycles. The minimum Gasteiger partial charge on any atom is -0.347 e. The van der Waals surface area contributed by atoms with Gasteiger partial charge in [-0.05, 0) is 23.3 Å². The van der Waals surface area contributed by atoms with Gasteiger partial charge in [-0.3, -0.25) is 0 Å². The highest BCUT2D eigenvalue weighted by atomic mass is 31.2. The number of rotatable bonds is 1. The van der Waals surface area contributed by atoms with Crippen LogP contribution in [-0.2, 0) is 0 Å². The van der Waals surface area contributed by atoms with Crippen molar-refractivity contribution in [2.24, 2.45) is 0 Å². The standard InChI is InChI=1S/C11H11O2P/c1-8-6-7-9-4-2-3-5-10(9)11(8)14(12)13/h2-7,12-13H,1H3. The summed E-state index contributed by atoms with van der Waals surface area (Å²) in [5, 5.41) is 2.64. The highest BCUT2D eigenvalue weighted by Gasteiger charge is 2.11. The predicted molar refractivity (Wildman–Crippen MR) is 59.7 cm³/mol. The van der Waals surface area contributed by atoms with E-state index in [0.717, 1.165) is 16.3 Å². The van der Waals surface area contributed by atoms with Crippen LogP contribution >= 0.6 is 8.38 Å². The SMILES string of the molecule is Cc1ccc2ccccc2c1P(O)O. The third kappa shape index (κ3) is 1.53. The van der Waals surface area contributed by atoms with Crippen LogP contribution in [0.1, 0.15) is 5.56 Å². The third-order valence-corrected chi connectivity index (χ3v) is 3.30. The van der Waals surface area contributed by atoms with Crippen LogP contribution in [0.3, 0.4) is 0 Å². The van der Waals surface area contributed by atoms with Gasteiger partial charge in [0.2, 0.25) is 8.38 Å². The zero-order valence-electron chi connectivity index (χ0n) is 7.81. The summed E-state index contributed by atoms with van der Waals surface area (Å²) in [6, 6.07) is 11.6. The number of fused-ring (bicyclic) bond motifs is 1. The quantitative estimate of drug-likeness (QED) is 0.701. The lowest BCUT2D eigenvalue weighted by Gasteiger charge is -2.10. The van der Waals surface area contributed by atoms with Crippen LogP contribution in [0.4, 0.5) is 0 Å². The van der Waals surface area contributed by atoms with Crippen molar-refractivity contribution in [3.63, 3.8) is 0 Å². The number of hydrogen-bond acceptors (Lipinski definition) is 2. The van der Waals surface area contributed by atoms with Gasteiger partial charge in [-0.15, -0.1) is 0 Å². The molecule has 0 unspecified atom stereocenters. The second-order valence-electron chi connectivity index (χ2n) is 3.24. The zero-order chi connectivity index (χ0) is 10.1. The topological polar surface area (TPSA) is 40.5 Å². The van der Waals surface area contributed by atoms with E-state index < -0.39 is 8.38 Å². The summed E-state index contributed by atoms with van der Waals surface area (Å²) in [7, 11) is -2.02. The van der Waals surface area contributed by atoms with Gasteiger partial charge in [0.05, 0.1) is 0 Å². The lowest BCUT2D eigenvalue weighted by atomic mass is 10.1. The van der Waals surface area contributed by atoms with Crippen LogP contribution in [0, 0.1) is 6.92 Å². The molecule has 0 bridgehead atoms. The van der Waals surface area contributed by atoms with Gasteiger partial charge in [0.25, 0.3) is 0 Å². The van der Waals surface area contributed by atoms with Crippen molar-refractivity contribution in [1.82, 2.24) is 0 Å². The molecule has 0 aliphatic heterocycles. The van der Waals surface area contributed by atoms with Gasteiger partial charge < -0.3 is 9.79 Å². The Labute approximate surface area is 83.7 Å². The molecule has 2 rings (SSSR count). The molecular weight excluding hydrogens is 195 g/mol. The van der Waals surface area contributed by atoms with E-state index in [1.165, 1.54) is 0 Å². The molecule has 0 fully saturated rings. The first-order valence-corrected chi connectivity index (χ1v) is 5.61. The maximum Gasteiger partial charge on any atom is 0.200 e. The largest absolute Gasteiger partial charge is 0.347 e. The van der Waals surface area contributed by atoms with Gasteiger partial charge >= 0.3 is 0 Å². The average molecular weight is 206 g/mol. The molecule has 0 atom stereocenters. The summed E-state index contributed by atoms with van der Waals surface area (Å²) >= 11 is 0. The van der Waals surface area contributed by atoms with E-state index in [0.29, 0.717) is 5.30 Å². The summed E-state index contributed by atoms with van der Waals surface area (Å²) < 4.78 is 0. The Bertz CT molecular complexity index is 466.